The maximum atomic E-state index is 10.7. The summed E-state index contributed by atoms with van der Waals surface area (Å²) in [7, 11) is -4.31. The summed E-state index contributed by atoms with van der Waals surface area (Å²) in [5.74, 6) is 0. The van der Waals surface area contributed by atoms with Gasteiger partial charge in [0.25, 0.3) is 0 Å². The molecule has 1 rings (SSSR count). The van der Waals surface area contributed by atoms with E-state index in [0.717, 1.165) is 18.4 Å². The van der Waals surface area contributed by atoms with Crippen molar-refractivity contribution in [2.24, 2.45) is 0 Å². The van der Waals surface area contributed by atoms with E-state index in [1.807, 2.05) is 0 Å². The molecule has 0 saturated carbocycles. The number of rotatable bonds is 8. The molecule has 0 bridgehead atoms. The third-order valence-corrected chi connectivity index (χ3v) is 3.88. The molecule has 5 heteroatoms. The first-order valence-corrected chi connectivity index (χ1v) is 7.99. The summed E-state index contributed by atoms with van der Waals surface area (Å²) in [5, 5.41) is 0. The SMILES string of the molecule is CCCCCCCCc1ccc(S(=O)(=O)[O-])cc1.[Na+]. The number of hydrogen-bond acceptors (Lipinski definition) is 3. The summed E-state index contributed by atoms with van der Waals surface area (Å²) in [6.45, 7) is 2.20. The average Bonchev–Trinajstić information content (AvgIpc) is 2.33. The van der Waals surface area contributed by atoms with Gasteiger partial charge in [0.1, 0.15) is 10.1 Å². The van der Waals surface area contributed by atoms with E-state index in [1.165, 1.54) is 44.2 Å². The zero-order valence-corrected chi connectivity index (χ0v) is 14.7. The molecule has 1 aromatic carbocycles. The Morgan fingerprint density at radius 2 is 1.47 bits per heavy atom. The van der Waals surface area contributed by atoms with Crippen molar-refractivity contribution in [1.29, 1.82) is 0 Å². The molecule has 0 saturated heterocycles. The molecule has 0 fully saturated rings. The van der Waals surface area contributed by atoms with Crippen LogP contribution in [-0.4, -0.2) is 13.0 Å². The van der Waals surface area contributed by atoms with Gasteiger partial charge in [-0.15, -0.1) is 0 Å². The first kappa shape index (κ1) is 19.1. The van der Waals surface area contributed by atoms with Crippen LogP contribution in [0.2, 0.25) is 0 Å². The maximum absolute atomic E-state index is 10.7. The molecule has 0 amide bonds. The van der Waals surface area contributed by atoms with Crippen LogP contribution in [0, 0.1) is 0 Å². The second-order valence-electron chi connectivity index (χ2n) is 4.62. The van der Waals surface area contributed by atoms with E-state index in [-0.39, 0.29) is 34.5 Å². The Kier molecular flexibility index (Phi) is 10.0. The molecule has 0 N–H and O–H groups in total. The molecule has 0 radical (unpaired) electrons. The van der Waals surface area contributed by atoms with Crippen LogP contribution in [0.25, 0.3) is 0 Å². The summed E-state index contributed by atoms with van der Waals surface area (Å²) in [6.07, 6.45) is 8.39. The third-order valence-electron chi connectivity index (χ3n) is 3.03. The predicted molar refractivity (Wildman–Crippen MR) is 71.5 cm³/mol. The Hall–Kier alpha value is 0.130. The minimum Gasteiger partial charge on any atom is -0.744 e. The van der Waals surface area contributed by atoms with Crippen molar-refractivity contribution in [1.82, 2.24) is 0 Å². The summed E-state index contributed by atoms with van der Waals surface area (Å²) in [5.41, 5.74) is 1.10. The van der Waals surface area contributed by atoms with Gasteiger partial charge in [-0.05, 0) is 30.5 Å². The van der Waals surface area contributed by atoms with E-state index < -0.39 is 10.1 Å². The molecule has 0 heterocycles. The molecular weight excluding hydrogens is 271 g/mol. The van der Waals surface area contributed by atoms with E-state index >= 15 is 0 Å². The summed E-state index contributed by atoms with van der Waals surface area (Å²) < 4.78 is 32.2. The number of unbranched alkanes of at least 4 members (excludes halogenated alkanes) is 5. The monoisotopic (exact) mass is 292 g/mol. The van der Waals surface area contributed by atoms with E-state index in [2.05, 4.69) is 6.92 Å². The van der Waals surface area contributed by atoms with Crippen LogP contribution in [0.3, 0.4) is 0 Å². The van der Waals surface area contributed by atoms with Crippen LogP contribution >= 0.6 is 0 Å². The zero-order valence-electron chi connectivity index (χ0n) is 11.9. The van der Waals surface area contributed by atoms with Crippen LogP contribution in [0.5, 0.6) is 0 Å². The van der Waals surface area contributed by atoms with Gasteiger partial charge < -0.3 is 4.55 Å². The second-order valence-corrected chi connectivity index (χ2v) is 6.00. The molecule has 0 aliphatic carbocycles. The smallest absolute Gasteiger partial charge is 0.744 e. The van der Waals surface area contributed by atoms with Gasteiger partial charge in [-0.2, -0.15) is 0 Å². The molecule has 102 valence electrons. The normalized spacial score (nSPS) is 11.1. The molecular formula is C14H21NaO3S. The van der Waals surface area contributed by atoms with Gasteiger partial charge in [0.05, 0.1) is 4.90 Å². The Morgan fingerprint density at radius 1 is 0.947 bits per heavy atom. The second kappa shape index (κ2) is 9.94. The molecule has 19 heavy (non-hydrogen) atoms. The van der Waals surface area contributed by atoms with E-state index in [1.54, 1.807) is 12.1 Å². The number of hydrogen-bond donors (Lipinski definition) is 0. The first-order chi connectivity index (χ1) is 8.54. The van der Waals surface area contributed by atoms with Crippen molar-refractivity contribution in [2.75, 3.05) is 0 Å². The van der Waals surface area contributed by atoms with E-state index in [0.29, 0.717) is 0 Å². The third kappa shape index (κ3) is 8.10. The Morgan fingerprint density at radius 3 is 2.00 bits per heavy atom. The van der Waals surface area contributed by atoms with Crippen LogP contribution in [0.1, 0.15) is 51.0 Å². The summed E-state index contributed by atoms with van der Waals surface area (Å²) >= 11 is 0. The van der Waals surface area contributed by atoms with E-state index in [9.17, 15) is 13.0 Å². The summed E-state index contributed by atoms with van der Waals surface area (Å²) in [6, 6.07) is 6.26. The van der Waals surface area contributed by atoms with Crippen molar-refractivity contribution in [3.63, 3.8) is 0 Å². The Bertz CT molecular complexity index is 440. The van der Waals surface area contributed by atoms with Gasteiger partial charge in [-0.1, -0.05) is 51.2 Å². The first-order valence-electron chi connectivity index (χ1n) is 6.59. The molecule has 0 aromatic heterocycles. The average molecular weight is 292 g/mol. The molecule has 1 aromatic rings. The summed E-state index contributed by atoms with van der Waals surface area (Å²) in [4.78, 5) is -0.144. The van der Waals surface area contributed by atoms with E-state index in [4.69, 9.17) is 0 Å². The van der Waals surface area contributed by atoms with Crippen molar-refractivity contribution in [2.45, 2.75) is 56.8 Å². The molecule has 0 atom stereocenters. The van der Waals surface area contributed by atoms with Gasteiger partial charge in [0.15, 0.2) is 0 Å². The van der Waals surface area contributed by atoms with Crippen LogP contribution < -0.4 is 29.6 Å². The fourth-order valence-electron chi connectivity index (χ4n) is 1.93. The van der Waals surface area contributed by atoms with Crippen LogP contribution in [0.15, 0.2) is 29.2 Å². The largest absolute Gasteiger partial charge is 1.00 e. The standard InChI is InChI=1S/C14H22O3S.Na/c1-2-3-4-5-6-7-8-13-9-11-14(12-10-13)18(15,16)17;/h9-12H,2-8H2,1H3,(H,15,16,17);/q;+1/p-1. The van der Waals surface area contributed by atoms with Gasteiger partial charge >= 0.3 is 29.6 Å². The molecule has 0 unspecified atom stereocenters. The minimum atomic E-state index is -4.31. The van der Waals surface area contributed by atoms with Gasteiger partial charge in [-0.3, -0.25) is 0 Å². The quantitative estimate of drug-likeness (QED) is 0.398. The fourth-order valence-corrected chi connectivity index (χ4v) is 2.40. The molecule has 3 nitrogen and oxygen atoms in total. The van der Waals surface area contributed by atoms with Crippen molar-refractivity contribution >= 4 is 10.1 Å². The van der Waals surface area contributed by atoms with Gasteiger partial charge in [0.2, 0.25) is 0 Å². The number of benzene rings is 1. The van der Waals surface area contributed by atoms with Crippen molar-refractivity contribution < 1.29 is 42.5 Å². The molecule has 0 aliphatic rings. The Labute approximate surface area is 138 Å². The molecule has 0 spiro atoms. The number of aryl methyl sites for hydroxylation is 1. The van der Waals surface area contributed by atoms with Crippen LogP contribution in [0.4, 0.5) is 0 Å². The predicted octanol–water partition coefficient (Wildman–Crippen LogP) is 0.498. The topological polar surface area (TPSA) is 57.2 Å². The van der Waals surface area contributed by atoms with Gasteiger partial charge in [-0.25, -0.2) is 8.42 Å². The van der Waals surface area contributed by atoms with Crippen molar-refractivity contribution in [3.8, 4) is 0 Å². The minimum absolute atomic E-state index is 0. The Balaban J connectivity index is 0.00000324. The van der Waals surface area contributed by atoms with Crippen molar-refractivity contribution in [3.05, 3.63) is 29.8 Å². The zero-order chi connectivity index (χ0) is 13.4. The van der Waals surface area contributed by atoms with Gasteiger partial charge in [0, 0.05) is 0 Å². The fraction of sp³-hybridized carbons (Fsp3) is 0.571. The molecule has 0 aliphatic heterocycles. The maximum Gasteiger partial charge on any atom is 1.00 e. The van der Waals surface area contributed by atoms with Crippen LogP contribution in [-0.2, 0) is 16.5 Å².